The van der Waals surface area contributed by atoms with Gasteiger partial charge in [0.2, 0.25) is 0 Å². The van der Waals surface area contributed by atoms with E-state index < -0.39 is 0 Å². The van der Waals surface area contributed by atoms with Crippen molar-refractivity contribution in [1.29, 1.82) is 0 Å². The van der Waals surface area contributed by atoms with Crippen molar-refractivity contribution in [2.75, 3.05) is 19.0 Å². The number of nitrogens with two attached hydrogens (primary N) is 1. The van der Waals surface area contributed by atoms with Gasteiger partial charge in [0, 0.05) is 25.2 Å². The van der Waals surface area contributed by atoms with Gasteiger partial charge in [0.25, 0.3) is 0 Å². The lowest BCUT2D eigenvalue weighted by atomic mass is 10.0. The van der Waals surface area contributed by atoms with E-state index in [1.807, 2.05) is 23.0 Å². The molecule has 100 valence electrons. The smallest absolute Gasteiger partial charge is 0.132 e. The van der Waals surface area contributed by atoms with E-state index in [1.165, 1.54) is 0 Å². The summed E-state index contributed by atoms with van der Waals surface area (Å²) in [5, 5.41) is 7.85. The second-order valence-electron chi connectivity index (χ2n) is 4.64. The number of methoxy groups -OCH3 is 1. The van der Waals surface area contributed by atoms with Gasteiger partial charge in [0.15, 0.2) is 0 Å². The van der Waals surface area contributed by atoms with Crippen molar-refractivity contribution < 1.29 is 4.74 Å². The maximum atomic E-state index is 5.85. The van der Waals surface area contributed by atoms with Gasteiger partial charge in [0.1, 0.15) is 11.6 Å². The van der Waals surface area contributed by atoms with Crippen LogP contribution in [0.5, 0.6) is 5.75 Å². The van der Waals surface area contributed by atoms with Crippen molar-refractivity contribution in [3.05, 3.63) is 30.0 Å². The molecule has 0 amide bonds. The highest BCUT2D eigenvalue weighted by Crippen LogP contribution is 2.33. The van der Waals surface area contributed by atoms with E-state index in [9.17, 15) is 0 Å². The molecule has 0 spiro atoms. The molecular formula is C14H18N4O. The van der Waals surface area contributed by atoms with Crippen molar-refractivity contribution in [3.8, 4) is 16.9 Å². The van der Waals surface area contributed by atoms with E-state index in [0.29, 0.717) is 6.54 Å². The minimum Gasteiger partial charge on any atom is -0.497 e. The monoisotopic (exact) mass is 258 g/mol. The lowest BCUT2D eigenvalue weighted by molar-refractivity contribution is 0.414. The standard InChI is InChI=1S/C14H18N4O/c1-19-11-3-4-12(10(7-11)8-15)13-9-17-18-6-2-5-16-14(13)18/h3-4,7,9,16H,2,5-6,8,15H2,1H3. The number of rotatable bonds is 3. The Hall–Kier alpha value is -2.01. The molecule has 5 nitrogen and oxygen atoms in total. The third-order valence-electron chi connectivity index (χ3n) is 3.50. The fourth-order valence-electron chi connectivity index (χ4n) is 2.50. The van der Waals surface area contributed by atoms with Crippen molar-refractivity contribution in [3.63, 3.8) is 0 Å². The van der Waals surface area contributed by atoms with E-state index >= 15 is 0 Å². The predicted molar refractivity (Wildman–Crippen MR) is 75.2 cm³/mol. The van der Waals surface area contributed by atoms with Crippen LogP contribution in [0.4, 0.5) is 5.82 Å². The zero-order chi connectivity index (χ0) is 13.2. The average Bonchev–Trinajstić information content (AvgIpc) is 2.90. The summed E-state index contributed by atoms with van der Waals surface area (Å²) in [5.41, 5.74) is 9.16. The van der Waals surface area contributed by atoms with Crippen LogP contribution in [0.25, 0.3) is 11.1 Å². The van der Waals surface area contributed by atoms with E-state index in [4.69, 9.17) is 10.5 Å². The van der Waals surface area contributed by atoms with Crippen LogP contribution < -0.4 is 15.8 Å². The van der Waals surface area contributed by atoms with E-state index in [0.717, 1.165) is 47.8 Å². The van der Waals surface area contributed by atoms with Gasteiger partial charge in [-0.2, -0.15) is 5.10 Å². The molecule has 0 aliphatic carbocycles. The molecule has 2 aromatic rings. The molecule has 0 unspecified atom stereocenters. The van der Waals surface area contributed by atoms with Gasteiger partial charge in [-0.1, -0.05) is 6.07 Å². The SMILES string of the molecule is COc1ccc(-c2cnn3c2NCCC3)c(CN)c1. The van der Waals surface area contributed by atoms with Crippen LogP contribution in [0.3, 0.4) is 0 Å². The second-order valence-corrected chi connectivity index (χ2v) is 4.64. The van der Waals surface area contributed by atoms with Gasteiger partial charge in [-0.25, -0.2) is 4.68 Å². The molecule has 19 heavy (non-hydrogen) atoms. The van der Waals surface area contributed by atoms with Gasteiger partial charge in [0.05, 0.1) is 13.3 Å². The molecule has 5 heteroatoms. The van der Waals surface area contributed by atoms with Crippen molar-refractivity contribution in [2.24, 2.45) is 5.73 Å². The first-order valence-corrected chi connectivity index (χ1v) is 6.50. The summed E-state index contributed by atoms with van der Waals surface area (Å²) < 4.78 is 7.27. The molecule has 0 saturated heterocycles. The zero-order valence-electron chi connectivity index (χ0n) is 11.0. The Morgan fingerprint density at radius 3 is 3.11 bits per heavy atom. The summed E-state index contributed by atoms with van der Waals surface area (Å²) >= 11 is 0. The normalized spacial score (nSPS) is 13.8. The van der Waals surface area contributed by atoms with Gasteiger partial charge < -0.3 is 15.8 Å². The minimum atomic E-state index is 0.483. The molecule has 1 aromatic carbocycles. The van der Waals surface area contributed by atoms with Crippen LogP contribution in [0, 0.1) is 0 Å². The van der Waals surface area contributed by atoms with E-state index in [2.05, 4.69) is 16.5 Å². The molecule has 2 heterocycles. The van der Waals surface area contributed by atoms with Crippen LogP contribution in [0.1, 0.15) is 12.0 Å². The number of nitrogens with zero attached hydrogens (tertiary/aromatic N) is 2. The average molecular weight is 258 g/mol. The second kappa shape index (κ2) is 4.93. The van der Waals surface area contributed by atoms with Crippen molar-refractivity contribution >= 4 is 5.82 Å². The van der Waals surface area contributed by atoms with Crippen LogP contribution in [0.15, 0.2) is 24.4 Å². The summed E-state index contributed by atoms with van der Waals surface area (Å²) in [7, 11) is 1.67. The molecule has 0 radical (unpaired) electrons. The Morgan fingerprint density at radius 2 is 2.32 bits per heavy atom. The molecule has 3 N–H and O–H groups in total. The molecule has 0 saturated carbocycles. The lowest BCUT2D eigenvalue weighted by Crippen LogP contribution is -2.17. The summed E-state index contributed by atoms with van der Waals surface area (Å²) in [6.07, 6.45) is 3.02. The molecule has 1 aromatic heterocycles. The molecule has 1 aliphatic rings. The van der Waals surface area contributed by atoms with Gasteiger partial charge >= 0.3 is 0 Å². The topological polar surface area (TPSA) is 65.1 Å². The quantitative estimate of drug-likeness (QED) is 0.881. The fourth-order valence-corrected chi connectivity index (χ4v) is 2.50. The largest absolute Gasteiger partial charge is 0.497 e. The van der Waals surface area contributed by atoms with Gasteiger partial charge in [-0.3, -0.25) is 0 Å². The zero-order valence-corrected chi connectivity index (χ0v) is 11.0. The lowest BCUT2D eigenvalue weighted by Gasteiger charge is -2.18. The number of nitrogens with one attached hydrogen (secondary N) is 1. The molecule has 1 aliphatic heterocycles. The van der Waals surface area contributed by atoms with Crippen LogP contribution >= 0.6 is 0 Å². The fraction of sp³-hybridized carbons (Fsp3) is 0.357. The number of anilines is 1. The molecule has 0 fully saturated rings. The van der Waals surface area contributed by atoms with E-state index in [1.54, 1.807) is 7.11 Å². The summed E-state index contributed by atoms with van der Waals surface area (Å²) in [5.74, 6) is 1.92. The Bertz CT molecular complexity index is 591. The Kier molecular flexibility index (Phi) is 3.13. The minimum absolute atomic E-state index is 0.483. The van der Waals surface area contributed by atoms with Crippen molar-refractivity contribution in [1.82, 2.24) is 9.78 Å². The number of aryl methyl sites for hydroxylation is 1. The molecular weight excluding hydrogens is 240 g/mol. The first-order chi connectivity index (χ1) is 9.33. The first kappa shape index (κ1) is 12.0. The predicted octanol–water partition coefficient (Wildman–Crippen LogP) is 1.83. The highest BCUT2D eigenvalue weighted by molar-refractivity contribution is 5.78. The molecule has 0 bridgehead atoms. The highest BCUT2D eigenvalue weighted by Gasteiger charge is 2.17. The van der Waals surface area contributed by atoms with E-state index in [-0.39, 0.29) is 0 Å². The summed E-state index contributed by atoms with van der Waals surface area (Å²) in [6, 6.07) is 6.00. The van der Waals surface area contributed by atoms with Crippen LogP contribution in [-0.2, 0) is 13.1 Å². The number of benzene rings is 1. The van der Waals surface area contributed by atoms with Gasteiger partial charge in [-0.05, 0) is 29.7 Å². The maximum absolute atomic E-state index is 5.85. The Morgan fingerprint density at radius 1 is 1.42 bits per heavy atom. The van der Waals surface area contributed by atoms with Crippen molar-refractivity contribution in [2.45, 2.75) is 19.5 Å². The number of hydrogen-bond donors (Lipinski definition) is 2. The first-order valence-electron chi connectivity index (χ1n) is 6.50. The Balaban J connectivity index is 2.09. The third kappa shape index (κ3) is 2.06. The Labute approximate surface area is 112 Å². The maximum Gasteiger partial charge on any atom is 0.132 e. The van der Waals surface area contributed by atoms with Crippen LogP contribution in [-0.4, -0.2) is 23.4 Å². The number of fused-ring (bicyclic) bond motifs is 1. The summed E-state index contributed by atoms with van der Waals surface area (Å²) in [6.45, 7) is 2.44. The third-order valence-corrected chi connectivity index (χ3v) is 3.50. The number of ether oxygens (including phenoxy) is 1. The number of aromatic nitrogens is 2. The highest BCUT2D eigenvalue weighted by atomic mass is 16.5. The van der Waals surface area contributed by atoms with Crippen LogP contribution in [0.2, 0.25) is 0 Å². The van der Waals surface area contributed by atoms with Gasteiger partial charge in [-0.15, -0.1) is 0 Å². The number of hydrogen-bond acceptors (Lipinski definition) is 4. The molecule has 3 rings (SSSR count). The summed E-state index contributed by atoms with van der Waals surface area (Å²) in [4.78, 5) is 0. The molecule has 0 atom stereocenters.